The van der Waals surface area contributed by atoms with Gasteiger partial charge in [-0.25, -0.2) is 0 Å². The molecule has 62 heavy (non-hydrogen) atoms. The van der Waals surface area contributed by atoms with Crippen LogP contribution in [0, 0.1) is 0 Å². The summed E-state index contributed by atoms with van der Waals surface area (Å²) >= 11 is 0. The second kappa shape index (κ2) is 13.7. The molecule has 0 amide bonds. The maximum Gasteiger partial charge on any atom is 0.159 e. The van der Waals surface area contributed by atoms with E-state index in [1.54, 1.807) is 0 Å². The van der Waals surface area contributed by atoms with Crippen molar-refractivity contribution in [2.24, 2.45) is 0 Å². The fourth-order valence-corrected chi connectivity index (χ4v) is 10.0. The standard InChI is InChI=1S/C59H37NO2/c1-2-13-37(14-3-1)38-27-31-42(32-28-38)60(43-33-29-39(30-34-43)44-20-10-21-47-45-17-6-4-15-40(45)35-52(44)47)54-25-12-23-50-53-36-41-16-5-7-18-46(41)56(59(53)62-58(50)54)51-24-11-22-49-48-19-8-9-26-55(48)61-57(49)51/h1-34,36H,35H2. The second-order valence-electron chi connectivity index (χ2n) is 16.3. The van der Waals surface area contributed by atoms with Gasteiger partial charge in [-0.05, 0) is 104 Å². The van der Waals surface area contributed by atoms with Crippen molar-refractivity contribution in [3.63, 3.8) is 0 Å². The molecule has 0 N–H and O–H groups in total. The number of fused-ring (bicyclic) bond motifs is 10. The first-order chi connectivity index (χ1) is 30.7. The molecule has 0 saturated heterocycles. The summed E-state index contributed by atoms with van der Waals surface area (Å²) in [5.41, 5.74) is 18.8. The van der Waals surface area contributed by atoms with Gasteiger partial charge >= 0.3 is 0 Å². The van der Waals surface area contributed by atoms with Crippen molar-refractivity contribution in [1.82, 2.24) is 0 Å². The van der Waals surface area contributed by atoms with E-state index in [0.717, 1.165) is 89.3 Å². The summed E-state index contributed by atoms with van der Waals surface area (Å²) in [5, 5.41) is 6.59. The molecule has 10 aromatic carbocycles. The third kappa shape index (κ3) is 5.32. The SMILES string of the molecule is c1ccc(-c2ccc(N(c3ccc(-c4cccc5c4Cc4ccccc4-5)cc3)c3cccc4c3oc3c(-c5cccc6c5oc5ccccc56)c5ccccc5cc34)cc2)cc1. The fourth-order valence-electron chi connectivity index (χ4n) is 10.0. The highest BCUT2D eigenvalue weighted by Crippen LogP contribution is 2.49. The Morgan fingerprint density at radius 2 is 0.952 bits per heavy atom. The molecule has 2 heterocycles. The Morgan fingerprint density at radius 3 is 1.79 bits per heavy atom. The zero-order valence-electron chi connectivity index (χ0n) is 33.7. The quantitative estimate of drug-likeness (QED) is 0.168. The summed E-state index contributed by atoms with van der Waals surface area (Å²) in [5.74, 6) is 0. The number of hydrogen-bond donors (Lipinski definition) is 0. The van der Waals surface area contributed by atoms with Crippen molar-refractivity contribution in [2.75, 3.05) is 4.90 Å². The largest absolute Gasteiger partial charge is 0.455 e. The molecule has 0 unspecified atom stereocenters. The number of para-hydroxylation sites is 3. The summed E-state index contributed by atoms with van der Waals surface area (Å²) in [6, 6.07) is 76.2. The van der Waals surface area contributed by atoms with Crippen molar-refractivity contribution >= 4 is 71.7 Å². The van der Waals surface area contributed by atoms with Gasteiger partial charge < -0.3 is 13.7 Å². The van der Waals surface area contributed by atoms with Gasteiger partial charge in [-0.15, -0.1) is 0 Å². The fraction of sp³-hybridized carbons (Fsp3) is 0.0169. The third-order valence-electron chi connectivity index (χ3n) is 12.9. The van der Waals surface area contributed by atoms with Crippen LogP contribution in [0.1, 0.15) is 11.1 Å². The van der Waals surface area contributed by atoms with Gasteiger partial charge in [0.15, 0.2) is 5.58 Å². The maximum absolute atomic E-state index is 7.31. The van der Waals surface area contributed by atoms with Gasteiger partial charge in [0.2, 0.25) is 0 Å². The minimum atomic E-state index is 0.825. The first kappa shape index (κ1) is 34.7. The molecule has 0 aliphatic heterocycles. The summed E-state index contributed by atoms with van der Waals surface area (Å²) in [7, 11) is 0. The molecule has 3 heteroatoms. The van der Waals surface area contributed by atoms with E-state index in [0.29, 0.717) is 0 Å². The van der Waals surface area contributed by atoms with Crippen molar-refractivity contribution in [3.05, 3.63) is 223 Å². The molecule has 2 aromatic heterocycles. The Kier molecular flexibility index (Phi) is 7.67. The Labute approximate surface area is 358 Å². The lowest BCUT2D eigenvalue weighted by Crippen LogP contribution is -2.10. The van der Waals surface area contributed by atoms with E-state index in [2.05, 4.69) is 205 Å². The molecule has 0 fully saturated rings. The molecule has 0 spiro atoms. The average Bonchev–Trinajstić information content (AvgIpc) is 4.04. The van der Waals surface area contributed by atoms with Gasteiger partial charge in [-0.1, -0.05) is 170 Å². The van der Waals surface area contributed by atoms with Crippen LogP contribution in [0.15, 0.2) is 221 Å². The molecule has 3 nitrogen and oxygen atoms in total. The summed E-state index contributed by atoms with van der Waals surface area (Å²) in [6.45, 7) is 0. The molecule has 0 saturated carbocycles. The van der Waals surface area contributed by atoms with Crippen LogP contribution in [0.3, 0.4) is 0 Å². The lowest BCUT2D eigenvalue weighted by Gasteiger charge is -2.26. The van der Waals surface area contributed by atoms with Crippen molar-refractivity contribution < 1.29 is 8.83 Å². The number of rotatable bonds is 6. The van der Waals surface area contributed by atoms with Crippen molar-refractivity contribution in [3.8, 4) is 44.5 Å². The summed E-state index contributed by atoms with van der Waals surface area (Å²) in [6.07, 6.45) is 0.944. The lowest BCUT2D eigenvalue weighted by atomic mass is 9.94. The van der Waals surface area contributed by atoms with E-state index < -0.39 is 0 Å². The van der Waals surface area contributed by atoms with Gasteiger partial charge in [0.25, 0.3) is 0 Å². The predicted molar refractivity (Wildman–Crippen MR) is 258 cm³/mol. The number of anilines is 3. The highest BCUT2D eigenvalue weighted by molar-refractivity contribution is 6.23. The molecular weight excluding hydrogens is 755 g/mol. The lowest BCUT2D eigenvalue weighted by molar-refractivity contribution is 0.665. The number of hydrogen-bond acceptors (Lipinski definition) is 3. The molecule has 0 bridgehead atoms. The van der Waals surface area contributed by atoms with Crippen LogP contribution in [0.4, 0.5) is 17.1 Å². The Morgan fingerprint density at radius 1 is 0.355 bits per heavy atom. The van der Waals surface area contributed by atoms with Crippen molar-refractivity contribution in [2.45, 2.75) is 6.42 Å². The van der Waals surface area contributed by atoms with Gasteiger partial charge in [0.1, 0.15) is 16.7 Å². The van der Waals surface area contributed by atoms with E-state index in [1.807, 2.05) is 12.1 Å². The normalized spacial score (nSPS) is 12.1. The van der Waals surface area contributed by atoms with Crippen LogP contribution in [-0.2, 0) is 6.42 Å². The predicted octanol–water partition coefficient (Wildman–Crippen LogP) is 16.7. The van der Waals surface area contributed by atoms with E-state index in [4.69, 9.17) is 8.83 Å². The molecular formula is C59H37NO2. The molecule has 290 valence electrons. The van der Waals surface area contributed by atoms with Crippen molar-refractivity contribution in [1.29, 1.82) is 0 Å². The Bertz CT molecular complexity index is 3710. The zero-order valence-corrected chi connectivity index (χ0v) is 33.7. The highest BCUT2D eigenvalue weighted by atomic mass is 16.3. The summed E-state index contributed by atoms with van der Waals surface area (Å²) in [4.78, 5) is 2.34. The van der Waals surface area contributed by atoms with Gasteiger partial charge in [-0.3, -0.25) is 0 Å². The number of nitrogens with zero attached hydrogens (tertiary/aromatic N) is 1. The minimum absolute atomic E-state index is 0.825. The van der Waals surface area contributed by atoms with E-state index in [1.165, 1.54) is 44.5 Å². The molecule has 1 aliphatic carbocycles. The van der Waals surface area contributed by atoms with Crippen LogP contribution < -0.4 is 4.90 Å². The Balaban J connectivity index is 1.01. The Hall–Kier alpha value is -8.14. The highest BCUT2D eigenvalue weighted by Gasteiger charge is 2.25. The van der Waals surface area contributed by atoms with E-state index >= 15 is 0 Å². The first-order valence-electron chi connectivity index (χ1n) is 21.3. The maximum atomic E-state index is 7.31. The minimum Gasteiger partial charge on any atom is -0.455 e. The average molecular weight is 792 g/mol. The van der Waals surface area contributed by atoms with Gasteiger partial charge in [-0.2, -0.15) is 0 Å². The van der Waals surface area contributed by atoms with Crippen LogP contribution in [-0.4, -0.2) is 0 Å². The molecule has 12 aromatic rings. The topological polar surface area (TPSA) is 29.5 Å². The van der Waals surface area contributed by atoms with E-state index in [-0.39, 0.29) is 0 Å². The number of benzene rings is 10. The van der Waals surface area contributed by atoms with Crippen LogP contribution >= 0.6 is 0 Å². The summed E-state index contributed by atoms with van der Waals surface area (Å²) < 4.78 is 14.0. The van der Waals surface area contributed by atoms with Crippen LogP contribution in [0.5, 0.6) is 0 Å². The van der Waals surface area contributed by atoms with Crippen LogP contribution in [0.25, 0.3) is 99.2 Å². The third-order valence-corrected chi connectivity index (χ3v) is 12.9. The monoisotopic (exact) mass is 791 g/mol. The molecule has 1 aliphatic rings. The molecule has 0 atom stereocenters. The molecule has 0 radical (unpaired) electrons. The first-order valence-corrected chi connectivity index (χ1v) is 21.3. The van der Waals surface area contributed by atoms with Gasteiger partial charge in [0.05, 0.1) is 5.69 Å². The number of furan rings is 2. The molecule has 13 rings (SSSR count). The zero-order chi connectivity index (χ0) is 40.7. The van der Waals surface area contributed by atoms with Gasteiger partial charge in [0, 0.05) is 44.0 Å². The van der Waals surface area contributed by atoms with E-state index in [9.17, 15) is 0 Å². The second-order valence-corrected chi connectivity index (χ2v) is 16.3. The van der Waals surface area contributed by atoms with Crippen LogP contribution in [0.2, 0.25) is 0 Å². The smallest absolute Gasteiger partial charge is 0.159 e.